The Morgan fingerprint density at radius 1 is 1.09 bits per heavy atom. The van der Waals surface area contributed by atoms with Gasteiger partial charge in [0.25, 0.3) is 11.1 Å². The number of rotatable bonds is 7. The molecule has 0 N–H and O–H groups in total. The SMILES string of the molecule is COCCn1c(C)cc(C=C2SC(=O)N(CC(=O)N3CCN(c4ccccc4)CC3)C2=O)c1C. The molecule has 9 heteroatoms. The van der Waals surface area contributed by atoms with E-state index >= 15 is 0 Å². The van der Waals surface area contributed by atoms with Crippen LogP contribution in [0.15, 0.2) is 41.3 Å². The van der Waals surface area contributed by atoms with Crippen molar-refractivity contribution in [2.45, 2.75) is 20.4 Å². The molecule has 0 spiro atoms. The van der Waals surface area contributed by atoms with E-state index < -0.39 is 11.1 Å². The van der Waals surface area contributed by atoms with Gasteiger partial charge < -0.3 is 19.1 Å². The van der Waals surface area contributed by atoms with Crippen molar-refractivity contribution in [3.63, 3.8) is 0 Å². The average molecular weight is 483 g/mol. The molecule has 0 atom stereocenters. The zero-order chi connectivity index (χ0) is 24.2. The molecule has 1 aromatic carbocycles. The van der Waals surface area contributed by atoms with Crippen LogP contribution in [0.25, 0.3) is 6.08 Å². The highest BCUT2D eigenvalue weighted by atomic mass is 32.2. The maximum atomic E-state index is 13.0. The van der Waals surface area contributed by atoms with Crippen molar-refractivity contribution in [2.24, 2.45) is 0 Å². The number of amides is 3. The molecule has 2 aliphatic heterocycles. The topological polar surface area (TPSA) is 75.1 Å². The molecule has 2 aromatic rings. The average Bonchev–Trinajstić information content (AvgIpc) is 3.27. The van der Waals surface area contributed by atoms with E-state index in [0.717, 1.165) is 58.9 Å². The third-order valence-corrected chi connectivity index (χ3v) is 7.25. The number of nitrogens with zero attached hydrogens (tertiary/aromatic N) is 4. The van der Waals surface area contributed by atoms with E-state index in [-0.39, 0.29) is 12.5 Å². The van der Waals surface area contributed by atoms with Crippen LogP contribution in [-0.2, 0) is 20.9 Å². The number of aryl methyl sites for hydroxylation is 1. The molecular formula is C25H30N4O4S. The highest BCUT2D eigenvalue weighted by Crippen LogP contribution is 2.33. The molecule has 34 heavy (non-hydrogen) atoms. The van der Waals surface area contributed by atoms with Gasteiger partial charge in [-0.25, -0.2) is 0 Å². The van der Waals surface area contributed by atoms with Gasteiger partial charge in [0, 0.05) is 56.9 Å². The summed E-state index contributed by atoms with van der Waals surface area (Å²) < 4.78 is 7.30. The zero-order valence-electron chi connectivity index (χ0n) is 19.8. The Balaban J connectivity index is 1.38. The van der Waals surface area contributed by atoms with Crippen molar-refractivity contribution in [1.82, 2.24) is 14.4 Å². The Bertz CT molecular complexity index is 1100. The molecule has 3 heterocycles. The van der Waals surface area contributed by atoms with Gasteiger partial charge in [-0.2, -0.15) is 0 Å². The van der Waals surface area contributed by atoms with Gasteiger partial charge >= 0.3 is 0 Å². The largest absolute Gasteiger partial charge is 0.383 e. The molecule has 2 saturated heterocycles. The van der Waals surface area contributed by atoms with Gasteiger partial charge in [-0.15, -0.1) is 0 Å². The second kappa shape index (κ2) is 10.5. The normalized spacial score (nSPS) is 17.9. The lowest BCUT2D eigenvalue weighted by molar-refractivity contribution is -0.136. The van der Waals surface area contributed by atoms with E-state index in [2.05, 4.69) is 21.6 Å². The Morgan fingerprint density at radius 3 is 2.47 bits per heavy atom. The third kappa shape index (κ3) is 5.05. The summed E-state index contributed by atoms with van der Waals surface area (Å²) in [4.78, 5) is 43.8. The second-order valence-corrected chi connectivity index (χ2v) is 9.44. The summed E-state index contributed by atoms with van der Waals surface area (Å²) in [6.45, 7) is 7.63. The fourth-order valence-electron chi connectivity index (χ4n) is 4.37. The fourth-order valence-corrected chi connectivity index (χ4v) is 5.20. The predicted molar refractivity (Wildman–Crippen MR) is 134 cm³/mol. The van der Waals surface area contributed by atoms with E-state index in [1.165, 1.54) is 0 Å². The number of thioether (sulfide) groups is 1. The van der Waals surface area contributed by atoms with E-state index in [1.807, 2.05) is 38.1 Å². The van der Waals surface area contributed by atoms with E-state index in [4.69, 9.17) is 4.74 Å². The van der Waals surface area contributed by atoms with Gasteiger partial charge in [0.1, 0.15) is 6.54 Å². The molecule has 4 rings (SSSR count). The van der Waals surface area contributed by atoms with Crippen LogP contribution in [0.4, 0.5) is 10.5 Å². The summed E-state index contributed by atoms with van der Waals surface area (Å²) >= 11 is 0.890. The van der Waals surface area contributed by atoms with Crippen LogP contribution in [0.3, 0.4) is 0 Å². The summed E-state index contributed by atoms with van der Waals surface area (Å²) in [5, 5.41) is -0.402. The lowest BCUT2D eigenvalue weighted by atomic mass is 10.2. The first-order valence-electron chi connectivity index (χ1n) is 11.4. The minimum absolute atomic E-state index is 0.200. The number of methoxy groups -OCH3 is 1. The van der Waals surface area contributed by atoms with Gasteiger partial charge in [-0.1, -0.05) is 18.2 Å². The monoisotopic (exact) mass is 482 g/mol. The van der Waals surface area contributed by atoms with Crippen molar-refractivity contribution >= 4 is 40.6 Å². The zero-order valence-corrected chi connectivity index (χ0v) is 20.6. The number of piperazine rings is 1. The number of aromatic nitrogens is 1. The first kappa shape index (κ1) is 24.1. The summed E-state index contributed by atoms with van der Waals surface area (Å²) in [6.07, 6.45) is 1.75. The van der Waals surface area contributed by atoms with Crippen LogP contribution in [0, 0.1) is 13.8 Å². The lowest BCUT2D eigenvalue weighted by Crippen LogP contribution is -2.51. The first-order valence-corrected chi connectivity index (χ1v) is 12.2. The van der Waals surface area contributed by atoms with Crippen LogP contribution in [-0.4, -0.2) is 77.9 Å². The van der Waals surface area contributed by atoms with E-state index in [0.29, 0.717) is 24.6 Å². The summed E-state index contributed by atoms with van der Waals surface area (Å²) in [6, 6.07) is 12.1. The quantitative estimate of drug-likeness (QED) is 0.565. The third-order valence-electron chi connectivity index (χ3n) is 6.34. The molecule has 0 radical (unpaired) electrons. The number of carbonyl (C=O) groups excluding carboxylic acids is 3. The minimum Gasteiger partial charge on any atom is -0.383 e. The Morgan fingerprint density at radius 2 is 1.79 bits per heavy atom. The number of imide groups is 1. The van der Waals surface area contributed by atoms with Crippen LogP contribution in [0.5, 0.6) is 0 Å². The van der Waals surface area contributed by atoms with Crippen molar-refractivity contribution in [3.05, 3.63) is 58.3 Å². The molecule has 2 fully saturated rings. The van der Waals surface area contributed by atoms with Crippen molar-refractivity contribution < 1.29 is 19.1 Å². The Hall–Kier alpha value is -3.04. The number of anilines is 1. The van der Waals surface area contributed by atoms with Crippen LogP contribution < -0.4 is 4.90 Å². The van der Waals surface area contributed by atoms with Crippen molar-refractivity contribution in [3.8, 4) is 0 Å². The fraction of sp³-hybridized carbons (Fsp3) is 0.400. The van der Waals surface area contributed by atoms with Crippen LogP contribution in [0.1, 0.15) is 17.0 Å². The molecule has 0 unspecified atom stereocenters. The molecule has 0 bridgehead atoms. The molecular weight excluding hydrogens is 452 g/mol. The molecule has 2 aliphatic rings. The van der Waals surface area contributed by atoms with Gasteiger partial charge in [-0.3, -0.25) is 19.3 Å². The number of ether oxygens (including phenoxy) is 1. The summed E-state index contributed by atoms with van der Waals surface area (Å²) in [5.41, 5.74) is 4.09. The van der Waals surface area contributed by atoms with Crippen molar-refractivity contribution in [2.75, 3.05) is 51.3 Å². The molecule has 180 valence electrons. The number of hydrogen-bond acceptors (Lipinski definition) is 6. The highest BCUT2D eigenvalue weighted by Gasteiger charge is 2.37. The Labute approximate surface area is 204 Å². The summed E-state index contributed by atoms with van der Waals surface area (Å²) in [5.74, 6) is -0.609. The molecule has 0 saturated carbocycles. The lowest BCUT2D eigenvalue weighted by Gasteiger charge is -2.36. The maximum absolute atomic E-state index is 13.0. The van der Waals surface area contributed by atoms with Gasteiger partial charge in [0.05, 0.1) is 11.5 Å². The Kier molecular flexibility index (Phi) is 7.43. The van der Waals surface area contributed by atoms with E-state index in [9.17, 15) is 14.4 Å². The number of benzene rings is 1. The van der Waals surface area contributed by atoms with Gasteiger partial charge in [0.15, 0.2) is 0 Å². The van der Waals surface area contributed by atoms with Crippen LogP contribution >= 0.6 is 11.8 Å². The maximum Gasteiger partial charge on any atom is 0.294 e. The molecule has 8 nitrogen and oxygen atoms in total. The number of para-hydroxylation sites is 1. The molecule has 3 amide bonds. The second-order valence-electron chi connectivity index (χ2n) is 8.44. The van der Waals surface area contributed by atoms with E-state index in [1.54, 1.807) is 18.1 Å². The van der Waals surface area contributed by atoms with Crippen LogP contribution in [0.2, 0.25) is 0 Å². The minimum atomic E-state index is -0.409. The molecule has 1 aromatic heterocycles. The number of carbonyl (C=O) groups is 3. The van der Waals surface area contributed by atoms with Gasteiger partial charge in [0.2, 0.25) is 5.91 Å². The summed E-state index contributed by atoms with van der Waals surface area (Å²) in [7, 11) is 1.66. The smallest absolute Gasteiger partial charge is 0.294 e. The highest BCUT2D eigenvalue weighted by molar-refractivity contribution is 8.18. The predicted octanol–water partition coefficient (Wildman–Crippen LogP) is 3.14. The first-order chi connectivity index (χ1) is 16.4. The molecule has 0 aliphatic carbocycles. The van der Waals surface area contributed by atoms with Gasteiger partial charge in [-0.05, 0) is 55.4 Å². The standard InChI is InChI=1S/C25H30N4O4S/c1-18-15-20(19(2)28(18)13-14-33-3)16-22-24(31)29(25(32)34-22)17-23(30)27-11-9-26(10-12-27)21-7-5-4-6-8-21/h4-8,15-16H,9-14,17H2,1-3H3. The van der Waals surface area contributed by atoms with Crippen molar-refractivity contribution in [1.29, 1.82) is 0 Å². The number of hydrogen-bond donors (Lipinski definition) is 0.